The van der Waals surface area contributed by atoms with E-state index in [0.717, 1.165) is 44.3 Å². The van der Waals surface area contributed by atoms with Gasteiger partial charge in [-0.25, -0.2) is 0 Å². The lowest BCUT2D eigenvalue weighted by molar-refractivity contribution is 0.0957. The first-order chi connectivity index (χ1) is 12.2. The zero-order valence-corrected chi connectivity index (χ0v) is 14.6. The van der Waals surface area contributed by atoms with Crippen LogP contribution in [0.1, 0.15) is 16.1 Å². The van der Waals surface area contributed by atoms with Gasteiger partial charge in [0.2, 0.25) is 0 Å². The van der Waals surface area contributed by atoms with Gasteiger partial charge in [-0.3, -0.25) is 9.69 Å². The minimum absolute atomic E-state index is 0.222. The van der Waals surface area contributed by atoms with Crippen LogP contribution in [0.5, 0.6) is 5.75 Å². The summed E-state index contributed by atoms with van der Waals surface area (Å²) in [5, 5.41) is 10.7. The van der Waals surface area contributed by atoms with Crippen molar-refractivity contribution in [3.63, 3.8) is 0 Å². The van der Waals surface area contributed by atoms with Gasteiger partial charge >= 0.3 is 0 Å². The van der Waals surface area contributed by atoms with Crippen molar-refractivity contribution < 1.29 is 9.53 Å². The topological polar surface area (TPSA) is 70.6 Å². The number of nitrogens with zero attached hydrogens (tertiary/aromatic N) is 4. The third-order valence-corrected chi connectivity index (χ3v) is 4.39. The Morgan fingerprint density at radius 2 is 1.88 bits per heavy atom. The van der Waals surface area contributed by atoms with Crippen molar-refractivity contribution in [1.29, 1.82) is 0 Å². The Hall–Kier alpha value is -2.67. The highest BCUT2D eigenvalue weighted by atomic mass is 16.5. The van der Waals surface area contributed by atoms with E-state index in [1.54, 1.807) is 20.2 Å². The molecule has 2 heterocycles. The molecular formula is C18H23N5O2. The summed E-state index contributed by atoms with van der Waals surface area (Å²) in [6.07, 6.45) is 0. The molecule has 7 heteroatoms. The molecule has 3 rings (SSSR count). The molecule has 1 saturated heterocycles. The molecule has 0 atom stereocenters. The Balaban J connectivity index is 1.57. The summed E-state index contributed by atoms with van der Waals surface area (Å²) < 4.78 is 5.43. The molecule has 1 aromatic carbocycles. The van der Waals surface area contributed by atoms with E-state index in [9.17, 15) is 4.79 Å². The molecule has 1 aliphatic heterocycles. The van der Waals surface area contributed by atoms with Crippen molar-refractivity contribution in [2.24, 2.45) is 0 Å². The van der Waals surface area contributed by atoms with Crippen LogP contribution in [0, 0.1) is 0 Å². The van der Waals surface area contributed by atoms with Crippen LogP contribution in [0.3, 0.4) is 0 Å². The fourth-order valence-corrected chi connectivity index (χ4v) is 2.95. The number of hydrogen-bond acceptors (Lipinski definition) is 6. The molecule has 2 aromatic rings. The number of anilines is 1. The zero-order chi connectivity index (χ0) is 17.6. The van der Waals surface area contributed by atoms with Gasteiger partial charge in [0, 0.05) is 45.3 Å². The van der Waals surface area contributed by atoms with Crippen molar-refractivity contribution in [3.8, 4) is 5.75 Å². The van der Waals surface area contributed by atoms with Crippen LogP contribution in [-0.4, -0.2) is 61.3 Å². The van der Waals surface area contributed by atoms with E-state index in [1.807, 2.05) is 24.3 Å². The minimum atomic E-state index is -0.222. The molecular weight excluding hydrogens is 318 g/mol. The average Bonchev–Trinajstić information content (AvgIpc) is 2.68. The largest absolute Gasteiger partial charge is 0.496 e. The molecule has 0 unspecified atom stereocenters. The molecule has 1 aliphatic rings. The van der Waals surface area contributed by atoms with Crippen molar-refractivity contribution in [2.75, 3.05) is 45.2 Å². The number of carbonyl (C=O) groups excluding carboxylic acids is 1. The van der Waals surface area contributed by atoms with Gasteiger partial charge in [0.25, 0.3) is 5.91 Å². The number of methoxy groups -OCH3 is 1. The lowest BCUT2D eigenvalue weighted by Crippen LogP contribution is -2.46. The summed E-state index contributed by atoms with van der Waals surface area (Å²) in [5.41, 5.74) is 1.54. The summed E-state index contributed by atoms with van der Waals surface area (Å²) in [5.74, 6) is 1.52. The van der Waals surface area contributed by atoms with Crippen LogP contribution in [-0.2, 0) is 6.54 Å². The highest BCUT2D eigenvalue weighted by molar-refractivity contribution is 5.91. The smallest absolute Gasteiger partial charge is 0.271 e. The van der Waals surface area contributed by atoms with Crippen molar-refractivity contribution in [1.82, 2.24) is 20.4 Å². The first-order valence-corrected chi connectivity index (χ1v) is 8.36. The fourth-order valence-electron chi connectivity index (χ4n) is 2.95. The van der Waals surface area contributed by atoms with Crippen molar-refractivity contribution in [2.45, 2.75) is 6.54 Å². The number of rotatable bonds is 5. The minimum Gasteiger partial charge on any atom is -0.496 e. The monoisotopic (exact) mass is 341 g/mol. The number of hydrogen-bond donors (Lipinski definition) is 1. The molecule has 0 radical (unpaired) electrons. The highest BCUT2D eigenvalue weighted by Gasteiger charge is 2.19. The molecule has 0 aliphatic carbocycles. The van der Waals surface area contributed by atoms with Gasteiger partial charge in [-0.1, -0.05) is 18.2 Å². The van der Waals surface area contributed by atoms with Gasteiger partial charge in [0.1, 0.15) is 5.75 Å². The summed E-state index contributed by atoms with van der Waals surface area (Å²) in [4.78, 5) is 16.1. The molecule has 1 aromatic heterocycles. The third kappa shape index (κ3) is 4.06. The molecule has 0 saturated carbocycles. The number of piperazine rings is 1. The summed E-state index contributed by atoms with van der Waals surface area (Å²) in [6, 6.07) is 11.7. The van der Waals surface area contributed by atoms with E-state index in [2.05, 4.69) is 31.4 Å². The number of nitrogens with one attached hydrogen (secondary N) is 1. The molecule has 1 amide bonds. The van der Waals surface area contributed by atoms with Gasteiger partial charge in [-0.05, 0) is 18.2 Å². The number of amides is 1. The second kappa shape index (κ2) is 7.94. The van der Waals surface area contributed by atoms with Crippen LogP contribution in [0.2, 0.25) is 0 Å². The molecule has 25 heavy (non-hydrogen) atoms. The van der Waals surface area contributed by atoms with E-state index in [1.165, 1.54) is 5.56 Å². The van der Waals surface area contributed by atoms with E-state index in [0.29, 0.717) is 5.69 Å². The van der Waals surface area contributed by atoms with E-state index >= 15 is 0 Å². The van der Waals surface area contributed by atoms with Crippen LogP contribution < -0.4 is 15.0 Å². The highest BCUT2D eigenvalue weighted by Crippen LogP contribution is 2.20. The molecule has 1 fully saturated rings. The Morgan fingerprint density at radius 1 is 1.12 bits per heavy atom. The van der Waals surface area contributed by atoms with Crippen molar-refractivity contribution in [3.05, 3.63) is 47.7 Å². The Labute approximate surface area is 147 Å². The fraction of sp³-hybridized carbons (Fsp3) is 0.389. The van der Waals surface area contributed by atoms with Gasteiger partial charge < -0.3 is 15.0 Å². The number of benzene rings is 1. The predicted molar refractivity (Wildman–Crippen MR) is 95.9 cm³/mol. The second-order valence-corrected chi connectivity index (χ2v) is 5.93. The summed E-state index contributed by atoms with van der Waals surface area (Å²) in [6.45, 7) is 4.51. The second-order valence-electron chi connectivity index (χ2n) is 5.93. The number of ether oxygens (including phenoxy) is 1. The van der Waals surface area contributed by atoms with Crippen LogP contribution in [0.25, 0.3) is 0 Å². The van der Waals surface area contributed by atoms with Gasteiger partial charge in [-0.2, -0.15) is 0 Å². The quantitative estimate of drug-likeness (QED) is 0.880. The predicted octanol–water partition coefficient (Wildman–Crippen LogP) is 1.17. The molecule has 0 spiro atoms. The average molecular weight is 341 g/mol. The Bertz CT molecular complexity index is 712. The first kappa shape index (κ1) is 17.2. The normalized spacial score (nSPS) is 15.0. The number of aromatic nitrogens is 2. The SMILES string of the molecule is CNC(=O)c1ccc(N2CCN(Cc3ccccc3OC)CC2)nn1. The molecule has 1 N–H and O–H groups in total. The molecule has 7 nitrogen and oxygen atoms in total. The maximum absolute atomic E-state index is 11.5. The standard InChI is InChI=1S/C18H23N5O2/c1-19-18(24)15-7-8-17(21-20-15)23-11-9-22(10-12-23)13-14-5-3-4-6-16(14)25-2/h3-8H,9-13H2,1-2H3,(H,19,24). The van der Waals surface area contributed by atoms with E-state index in [-0.39, 0.29) is 5.91 Å². The van der Waals surface area contributed by atoms with Crippen LogP contribution in [0.4, 0.5) is 5.82 Å². The first-order valence-electron chi connectivity index (χ1n) is 8.36. The summed E-state index contributed by atoms with van der Waals surface area (Å²) in [7, 11) is 3.29. The molecule has 0 bridgehead atoms. The van der Waals surface area contributed by atoms with E-state index in [4.69, 9.17) is 4.74 Å². The molecule has 132 valence electrons. The zero-order valence-electron chi connectivity index (χ0n) is 14.6. The lowest BCUT2D eigenvalue weighted by Gasteiger charge is -2.35. The lowest BCUT2D eigenvalue weighted by atomic mass is 10.1. The Kier molecular flexibility index (Phi) is 5.45. The maximum atomic E-state index is 11.5. The van der Waals surface area contributed by atoms with E-state index < -0.39 is 0 Å². The summed E-state index contributed by atoms with van der Waals surface area (Å²) >= 11 is 0. The van der Waals surface area contributed by atoms with Gasteiger partial charge in [-0.15, -0.1) is 10.2 Å². The van der Waals surface area contributed by atoms with Crippen LogP contribution in [0.15, 0.2) is 36.4 Å². The number of para-hydroxylation sites is 1. The third-order valence-electron chi connectivity index (χ3n) is 4.39. The Morgan fingerprint density at radius 3 is 2.52 bits per heavy atom. The number of carbonyl (C=O) groups is 1. The maximum Gasteiger partial charge on any atom is 0.271 e. The van der Waals surface area contributed by atoms with Crippen LogP contribution >= 0.6 is 0 Å². The van der Waals surface area contributed by atoms with Crippen molar-refractivity contribution >= 4 is 11.7 Å². The van der Waals surface area contributed by atoms with Gasteiger partial charge in [0.15, 0.2) is 11.5 Å². The van der Waals surface area contributed by atoms with Gasteiger partial charge in [0.05, 0.1) is 7.11 Å².